The molecule has 2 atom stereocenters. The molecule has 0 aliphatic carbocycles. The number of anilines is 1. The highest BCUT2D eigenvalue weighted by atomic mass is 32.1. The van der Waals surface area contributed by atoms with Crippen molar-refractivity contribution in [3.05, 3.63) is 45.8 Å². The number of hydrogen-bond donors (Lipinski definition) is 0. The number of pyridine rings is 1. The molecule has 0 spiro atoms. The molecule has 2 fully saturated rings. The molecule has 0 aromatic carbocycles. The summed E-state index contributed by atoms with van der Waals surface area (Å²) < 4.78 is 39.0. The molecule has 2 aliphatic heterocycles. The number of halogens is 3. The van der Waals surface area contributed by atoms with Crippen molar-refractivity contribution in [2.75, 3.05) is 24.5 Å². The molecule has 0 bridgehead atoms. The van der Waals surface area contributed by atoms with Gasteiger partial charge in [0.1, 0.15) is 5.82 Å². The van der Waals surface area contributed by atoms with Crippen molar-refractivity contribution in [3.63, 3.8) is 0 Å². The fourth-order valence-electron chi connectivity index (χ4n) is 4.25. The Morgan fingerprint density at radius 1 is 1.32 bits per heavy atom. The Bertz CT molecular complexity index is 866. The Kier molecular flexibility index (Phi) is 5.07. The zero-order chi connectivity index (χ0) is 19.9. The van der Waals surface area contributed by atoms with E-state index in [9.17, 15) is 18.0 Å². The van der Waals surface area contributed by atoms with Gasteiger partial charge in [-0.15, -0.1) is 11.3 Å². The van der Waals surface area contributed by atoms with Gasteiger partial charge in [0.05, 0.1) is 11.6 Å². The van der Waals surface area contributed by atoms with Gasteiger partial charge >= 0.3 is 6.18 Å². The van der Waals surface area contributed by atoms with Gasteiger partial charge in [-0.3, -0.25) is 4.79 Å². The smallest absolute Gasteiger partial charge is 0.354 e. The van der Waals surface area contributed by atoms with E-state index in [4.69, 9.17) is 0 Å². The molecule has 0 N–H and O–H groups in total. The molecule has 2 saturated heterocycles. The van der Waals surface area contributed by atoms with Crippen LogP contribution < -0.4 is 4.90 Å². The highest BCUT2D eigenvalue weighted by Crippen LogP contribution is 2.36. The second-order valence-electron chi connectivity index (χ2n) is 7.54. The molecule has 0 radical (unpaired) electrons. The van der Waals surface area contributed by atoms with Crippen molar-refractivity contribution in [1.29, 1.82) is 0 Å². The van der Waals surface area contributed by atoms with Crippen molar-refractivity contribution in [3.8, 4) is 0 Å². The van der Waals surface area contributed by atoms with Crippen molar-refractivity contribution < 1.29 is 18.0 Å². The summed E-state index contributed by atoms with van der Waals surface area (Å²) in [5.41, 5.74) is 0.536. The number of amides is 1. The van der Waals surface area contributed by atoms with Crippen LogP contribution in [0.2, 0.25) is 0 Å². The molecule has 28 heavy (non-hydrogen) atoms. The van der Waals surface area contributed by atoms with E-state index in [0.717, 1.165) is 31.5 Å². The largest absolute Gasteiger partial charge is 0.416 e. The van der Waals surface area contributed by atoms with Crippen LogP contribution in [-0.2, 0) is 17.4 Å². The first kappa shape index (κ1) is 19.2. The van der Waals surface area contributed by atoms with Gasteiger partial charge in [-0.2, -0.15) is 13.2 Å². The Hall–Kier alpha value is -2.09. The zero-order valence-corrected chi connectivity index (χ0v) is 16.4. The van der Waals surface area contributed by atoms with Crippen molar-refractivity contribution in [1.82, 2.24) is 9.88 Å². The number of alkyl halides is 3. The average Bonchev–Trinajstić information content (AvgIpc) is 3.34. The van der Waals surface area contributed by atoms with Crippen LogP contribution in [0.5, 0.6) is 0 Å². The fourth-order valence-corrected chi connectivity index (χ4v) is 5.16. The van der Waals surface area contributed by atoms with E-state index in [2.05, 4.69) is 18.0 Å². The minimum Gasteiger partial charge on any atom is -0.354 e. The van der Waals surface area contributed by atoms with Gasteiger partial charge < -0.3 is 9.80 Å². The van der Waals surface area contributed by atoms with E-state index in [-0.39, 0.29) is 11.9 Å². The fraction of sp³-hybridized carbons (Fsp3) is 0.500. The lowest BCUT2D eigenvalue weighted by molar-refractivity contribution is -0.137. The molecule has 4 rings (SSSR count). The molecule has 2 aliphatic rings. The van der Waals surface area contributed by atoms with Gasteiger partial charge in [0.15, 0.2) is 0 Å². The molecular formula is C20H22F3N3OS. The van der Waals surface area contributed by atoms with Gasteiger partial charge in [-0.1, -0.05) is 0 Å². The summed E-state index contributed by atoms with van der Waals surface area (Å²) in [4.78, 5) is 22.0. The van der Waals surface area contributed by atoms with E-state index >= 15 is 0 Å². The molecule has 2 aromatic heterocycles. The lowest BCUT2D eigenvalue weighted by Gasteiger charge is -2.25. The number of carbonyl (C=O) groups is 1. The summed E-state index contributed by atoms with van der Waals surface area (Å²) in [6.45, 7) is 3.98. The first-order valence-electron chi connectivity index (χ1n) is 9.43. The number of nitrogens with zero attached hydrogens (tertiary/aromatic N) is 3. The number of aromatic nitrogens is 1. The standard InChI is InChI=1S/C20H22F3N3OS/c1-13-6-9-28-17(13)2-3-19(27)26-8-5-14-11-25(12-16(14)26)18-10-15(4-7-24-18)20(21,22)23/h4,6-7,9-10,14,16H,2-3,5,8,11-12H2,1H3. The average molecular weight is 409 g/mol. The Labute approximate surface area is 166 Å². The number of fused-ring (bicyclic) bond motifs is 1. The van der Waals surface area contributed by atoms with Crippen molar-refractivity contribution in [2.24, 2.45) is 5.92 Å². The topological polar surface area (TPSA) is 36.4 Å². The SMILES string of the molecule is Cc1ccsc1CCC(=O)N1CCC2CN(c3cc(C(F)(F)F)ccn3)CC21. The second kappa shape index (κ2) is 7.39. The maximum atomic E-state index is 13.0. The van der Waals surface area contributed by atoms with E-state index in [1.165, 1.54) is 16.6 Å². The number of likely N-dealkylation sites (tertiary alicyclic amines) is 1. The van der Waals surface area contributed by atoms with E-state index < -0.39 is 11.7 Å². The molecular weight excluding hydrogens is 387 g/mol. The predicted octanol–water partition coefficient (Wildman–Crippen LogP) is 4.14. The lowest BCUT2D eigenvalue weighted by atomic mass is 10.0. The van der Waals surface area contributed by atoms with E-state index in [1.54, 1.807) is 11.3 Å². The highest BCUT2D eigenvalue weighted by molar-refractivity contribution is 7.10. The Morgan fingerprint density at radius 2 is 2.14 bits per heavy atom. The van der Waals surface area contributed by atoms with Gasteiger partial charge in [-0.25, -0.2) is 4.98 Å². The second-order valence-corrected chi connectivity index (χ2v) is 8.54. The maximum absolute atomic E-state index is 13.0. The van der Waals surface area contributed by atoms with Crippen LogP contribution in [0.15, 0.2) is 29.8 Å². The molecule has 8 heteroatoms. The van der Waals surface area contributed by atoms with Gasteiger partial charge in [0.25, 0.3) is 0 Å². The third-order valence-electron chi connectivity index (χ3n) is 5.80. The molecule has 2 aromatic rings. The van der Waals surface area contributed by atoms with Crippen LogP contribution in [0.3, 0.4) is 0 Å². The summed E-state index contributed by atoms with van der Waals surface area (Å²) in [5.74, 6) is 0.772. The third-order valence-corrected chi connectivity index (χ3v) is 6.88. The number of rotatable bonds is 4. The number of aryl methyl sites for hydroxylation is 2. The molecule has 150 valence electrons. The minimum atomic E-state index is -4.38. The zero-order valence-electron chi connectivity index (χ0n) is 15.6. The van der Waals surface area contributed by atoms with Gasteiger partial charge in [-0.05, 0) is 48.9 Å². The van der Waals surface area contributed by atoms with E-state index in [1.807, 2.05) is 15.2 Å². The van der Waals surface area contributed by atoms with Gasteiger partial charge in [0.2, 0.25) is 5.91 Å². The number of hydrogen-bond acceptors (Lipinski definition) is 4. The molecule has 4 heterocycles. The van der Waals surface area contributed by atoms with Crippen LogP contribution >= 0.6 is 11.3 Å². The summed E-state index contributed by atoms with van der Waals surface area (Å²) in [6, 6.07) is 4.22. The molecule has 4 nitrogen and oxygen atoms in total. The first-order valence-corrected chi connectivity index (χ1v) is 10.3. The lowest BCUT2D eigenvalue weighted by Crippen LogP contribution is -2.40. The van der Waals surface area contributed by atoms with Crippen LogP contribution in [-0.4, -0.2) is 41.5 Å². The van der Waals surface area contributed by atoms with Gasteiger partial charge in [0, 0.05) is 43.0 Å². The van der Waals surface area contributed by atoms with Crippen molar-refractivity contribution in [2.45, 2.75) is 38.4 Å². The summed E-state index contributed by atoms with van der Waals surface area (Å²) >= 11 is 1.68. The normalized spacial score (nSPS) is 22.0. The third kappa shape index (κ3) is 3.74. The monoisotopic (exact) mass is 409 g/mol. The summed E-state index contributed by atoms with van der Waals surface area (Å²) in [6.07, 6.45) is -1.06. The van der Waals surface area contributed by atoms with Crippen LogP contribution in [0.25, 0.3) is 0 Å². The molecule has 2 unspecified atom stereocenters. The Balaban J connectivity index is 1.41. The molecule has 0 saturated carbocycles. The van der Waals surface area contributed by atoms with Crippen LogP contribution in [0, 0.1) is 12.8 Å². The predicted molar refractivity (Wildman–Crippen MR) is 102 cm³/mol. The number of carbonyl (C=O) groups excluding carboxylic acids is 1. The van der Waals surface area contributed by atoms with E-state index in [0.29, 0.717) is 31.2 Å². The minimum absolute atomic E-state index is 0.0632. The summed E-state index contributed by atoms with van der Waals surface area (Å²) in [7, 11) is 0. The molecule has 1 amide bonds. The first-order chi connectivity index (χ1) is 13.3. The van der Waals surface area contributed by atoms with Crippen molar-refractivity contribution >= 4 is 23.1 Å². The van der Waals surface area contributed by atoms with Crippen LogP contribution in [0.1, 0.15) is 28.8 Å². The number of thiophene rings is 1. The maximum Gasteiger partial charge on any atom is 0.416 e. The summed E-state index contributed by atoms with van der Waals surface area (Å²) in [5, 5.41) is 2.04. The quantitative estimate of drug-likeness (QED) is 0.762. The highest BCUT2D eigenvalue weighted by Gasteiger charge is 2.43. The Morgan fingerprint density at radius 3 is 2.86 bits per heavy atom. The van der Waals surface area contributed by atoms with Crippen LogP contribution in [0.4, 0.5) is 19.0 Å².